The van der Waals surface area contributed by atoms with Gasteiger partial charge in [0.25, 0.3) is 5.91 Å². The van der Waals surface area contributed by atoms with Crippen LogP contribution in [-0.2, 0) is 4.79 Å². The van der Waals surface area contributed by atoms with Crippen LogP contribution in [0.15, 0.2) is 58.4 Å². The zero-order valence-corrected chi connectivity index (χ0v) is 15.9. The fraction of sp³-hybridized carbons (Fsp3) is 0.238. The molecule has 1 fully saturated rings. The zero-order chi connectivity index (χ0) is 18.8. The fourth-order valence-electron chi connectivity index (χ4n) is 3.25. The van der Waals surface area contributed by atoms with Crippen molar-refractivity contribution in [3.8, 4) is 0 Å². The highest BCUT2D eigenvalue weighted by Crippen LogP contribution is 2.31. The molecular weight excluding hydrogens is 361 g/mol. The van der Waals surface area contributed by atoms with E-state index in [2.05, 4.69) is 20.9 Å². The number of carbonyl (C=O) groups excluding carboxylic acids is 1. The number of amides is 1. The van der Waals surface area contributed by atoms with E-state index in [4.69, 9.17) is 0 Å². The molecule has 1 saturated heterocycles. The summed E-state index contributed by atoms with van der Waals surface area (Å²) in [4.78, 5) is 21.6. The third-order valence-electron chi connectivity index (χ3n) is 4.69. The van der Waals surface area contributed by atoms with E-state index in [0.717, 1.165) is 48.2 Å². The summed E-state index contributed by atoms with van der Waals surface area (Å²) in [5.74, 6) is -0.391. The molecule has 0 saturated carbocycles. The highest BCUT2D eigenvalue weighted by Gasteiger charge is 2.28. The maximum atomic E-state index is 13.1. The lowest BCUT2D eigenvalue weighted by Crippen LogP contribution is -2.47. The Hall–Kier alpha value is -2.60. The van der Waals surface area contributed by atoms with Crippen LogP contribution in [0.2, 0.25) is 0 Å². The van der Waals surface area contributed by atoms with E-state index >= 15 is 0 Å². The number of carbonyl (C=O) groups is 1. The van der Waals surface area contributed by atoms with Crippen molar-refractivity contribution in [2.75, 3.05) is 31.1 Å². The Kier molecular flexibility index (Phi) is 4.99. The molecule has 1 amide bonds. The molecular formula is C21H20FN3OS. The lowest BCUT2D eigenvalue weighted by Gasteiger charge is -2.36. The van der Waals surface area contributed by atoms with Crippen molar-refractivity contribution in [2.45, 2.75) is 6.92 Å². The van der Waals surface area contributed by atoms with Crippen molar-refractivity contribution in [2.24, 2.45) is 4.99 Å². The number of nitrogens with zero attached hydrogens (tertiary/aromatic N) is 3. The summed E-state index contributed by atoms with van der Waals surface area (Å²) in [5, 5.41) is 0.776. The molecule has 2 aliphatic heterocycles. The normalized spacial score (nSPS) is 19.0. The minimum atomic E-state index is -0.222. The molecule has 4 rings (SSSR count). The number of aryl methyl sites for hydroxylation is 1. The van der Waals surface area contributed by atoms with Crippen LogP contribution >= 0.6 is 11.8 Å². The molecule has 0 unspecified atom stereocenters. The van der Waals surface area contributed by atoms with Crippen molar-refractivity contribution < 1.29 is 9.18 Å². The second-order valence-electron chi connectivity index (χ2n) is 6.67. The predicted molar refractivity (Wildman–Crippen MR) is 109 cm³/mol. The Morgan fingerprint density at radius 1 is 1.04 bits per heavy atom. The molecule has 0 aromatic heterocycles. The van der Waals surface area contributed by atoms with E-state index in [-0.39, 0.29) is 11.7 Å². The second-order valence-corrected chi connectivity index (χ2v) is 7.68. The van der Waals surface area contributed by atoms with Gasteiger partial charge in [0, 0.05) is 31.9 Å². The standard InChI is InChI=1S/C21H20FN3OS/c1-15-3-2-4-16(13-15)14-19-20(26)23-21(27-19)25-11-9-24(10-12-25)18-7-5-17(22)6-8-18/h2-8,13-14H,9-12H2,1H3. The first-order valence-corrected chi connectivity index (χ1v) is 9.75. The van der Waals surface area contributed by atoms with Crippen LogP contribution < -0.4 is 4.90 Å². The van der Waals surface area contributed by atoms with E-state index in [1.165, 1.54) is 23.9 Å². The topological polar surface area (TPSA) is 35.9 Å². The Bertz CT molecular complexity index is 915. The quantitative estimate of drug-likeness (QED) is 0.739. The number of anilines is 1. The van der Waals surface area contributed by atoms with Crippen LogP contribution in [0.1, 0.15) is 11.1 Å². The number of aliphatic imine (C=N–C) groups is 1. The molecule has 2 aliphatic rings. The Morgan fingerprint density at radius 3 is 2.44 bits per heavy atom. The van der Waals surface area contributed by atoms with Crippen LogP contribution in [0, 0.1) is 12.7 Å². The summed E-state index contributed by atoms with van der Waals surface area (Å²) >= 11 is 1.44. The van der Waals surface area contributed by atoms with E-state index in [0.29, 0.717) is 4.91 Å². The third kappa shape index (κ3) is 4.06. The minimum absolute atomic E-state index is 0.169. The largest absolute Gasteiger partial charge is 0.368 e. The van der Waals surface area contributed by atoms with Crippen LogP contribution in [0.5, 0.6) is 0 Å². The van der Waals surface area contributed by atoms with Crippen molar-refractivity contribution >= 4 is 34.6 Å². The van der Waals surface area contributed by atoms with Gasteiger partial charge in [-0.05, 0) is 54.6 Å². The lowest BCUT2D eigenvalue weighted by molar-refractivity contribution is -0.113. The molecule has 0 radical (unpaired) electrons. The number of hydrogen-bond donors (Lipinski definition) is 0. The highest BCUT2D eigenvalue weighted by molar-refractivity contribution is 8.18. The molecule has 2 heterocycles. The first kappa shape index (κ1) is 17.8. The first-order valence-electron chi connectivity index (χ1n) is 8.93. The van der Waals surface area contributed by atoms with Crippen LogP contribution in [0.4, 0.5) is 10.1 Å². The van der Waals surface area contributed by atoms with Gasteiger partial charge in [0.2, 0.25) is 0 Å². The number of thioether (sulfide) groups is 1. The van der Waals surface area contributed by atoms with Gasteiger partial charge < -0.3 is 9.80 Å². The fourth-order valence-corrected chi connectivity index (χ4v) is 4.22. The van der Waals surface area contributed by atoms with Gasteiger partial charge in [-0.2, -0.15) is 4.99 Å². The summed E-state index contributed by atoms with van der Waals surface area (Å²) in [6.07, 6.45) is 1.91. The second kappa shape index (κ2) is 7.56. The van der Waals surface area contributed by atoms with Crippen molar-refractivity contribution in [1.82, 2.24) is 4.90 Å². The van der Waals surface area contributed by atoms with Gasteiger partial charge in [-0.25, -0.2) is 4.39 Å². The molecule has 0 aliphatic carbocycles. The maximum Gasteiger partial charge on any atom is 0.286 e. The summed E-state index contributed by atoms with van der Waals surface area (Å²) < 4.78 is 13.1. The summed E-state index contributed by atoms with van der Waals surface area (Å²) in [5.41, 5.74) is 3.20. The number of amidine groups is 1. The number of rotatable bonds is 2. The van der Waals surface area contributed by atoms with Gasteiger partial charge in [0.15, 0.2) is 5.17 Å². The van der Waals surface area contributed by atoms with Gasteiger partial charge in [-0.15, -0.1) is 0 Å². The van der Waals surface area contributed by atoms with Crippen LogP contribution in [0.25, 0.3) is 6.08 Å². The monoisotopic (exact) mass is 381 g/mol. The summed E-state index contributed by atoms with van der Waals surface area (Å²) in [7, 11) is 0. The lowest BCUT2D eigenvalue weighted by atomic mass is 10.1. The Balaban J connectivity index is 1.40. The van der Waals surface area contributed by atoms with E-state index < -0.39 is 0 Å². The van der Waals surface area contributed by atoms with Gasteiger partial charge >= 0.3 is 0 Å². The van der Waals surface area contributed by atoms with Crippen molar-refractivity contribution in [1.29, 1.82) is 0 Å². The molecule has 0 bridgehead atoms. The smallest absolute Gasteiger partial charge is 0.286 e. The average molecular weight is 381 g/mol. The van der Waals surface area contributed by atoms with Crippen molar-refractivity contribution in [3.05, 3.63) is 70.4 Å². The molecule has 2 aromatic rings. The average Bonchev–Trinajstić information content (AvgIpc) is 3.03. The number of hydrogen-bond acceptors (Lipinski definition) is 4. The molecule has 138 valence electrons. The SMILES string of the molecule is Cc1cccc(C=C2SC(N3CCN(c4ccc(F)cc4)CC3)=NC2=O)c1. The molecule has 4 nitrogen and oxygen atoms in total. The number of benzene rings is 2. The van der Waals surface area contributed by atoms with Gasteiger partial charge in [-0.1, -0.05) is 29.8 Å². The van der Waals surface area contributed by atoms with Crippen molar-refractivity contribution in [3.63, 3.8) is 0 Å². The van der Waals surface area contributed by atoms with Gasteiger partial charge in [0.05, 0.1) is 4.91 Å². The van der Waals surface area contributed by atoms with Crippen LogP contribution in [0.3, 0.4) is 0 Å². The molecule has 6 heteroatoms. The van der Waals surface area contributed by atoms with E-state index in [9.17, 15) is 9.18 Å². The Morgan fingerprint density at radius 2 is 1.74 bits per heavy atom. The van der Waals surface area contributed by atoms with E-state index in [1.54, 1.807) is 12.1 Å². The highest BCUT2D eigenvalue weighted by atomic mass is 32.2. The number of halogens is 1. The zero-order valence-electron chi connectivity index (χ0n) is 15.1. The minimum Gasteiger partial charge on any atom is -0.368 e. The van der Waals surface area contributed by atoms with Gasteiger partial charge in [-0.3, -0.25) is 4.79 Å². The van der Waals surface area contributed by atoms with E-state index in [1.807, 2.05) is 31.2 Å². The number of piperazine rings is 1. The Labute approximate surface area is 162 Å². The summed E-state index contributed by atoms with van der Waals surface area (Å²) in [6.45, 7) is 5.24. The molecule has 0 atom stereocenters. The molecule has 0 N–H and O–H groups in total. The third-order valence-corrected chi connectivity index (χ3v) is 5.74. The first-order chi connectivity index (χ1) is 13.1. The molecule has 0 spiro atoms. The maximum absolute atomic E-state index is 13.1. The van der Waals surface area contributed by atoms with Gasteiger partial charge in [0.1, 0.15) is 5.82 Å². The van der Waals surface area contributed by atoms with Crippen LogP contribution in [-0.4, -0.2) is 42.2 Å². The molecule has 27 heavy (non-hydrogen) atoms. The molecule has 2 aromatic carbocycles. The predicted octanol–water partition coefficient (Wildman–Crippen LogP) is 3.93. The summed E-state index contributed by atoms with van der Waals surface area (Å²) in [6, 6.07) is 14.7.